The summed E-state index contributed by atoms with van der Waals surface area (Å²) in [6.07, 6.45) is 2.37. The molecule has 0 unspecified atom stereocenters. The molecule has 0 radical (unpaired) electrons. The summed E-state index contributed by atoms with van der Waals surface area (Å²) in [5, 5.41) is 26.9. The van der Waals surface area contributed by atoms with Gasteiger partial charge in [0.1, 0.15) is 11.3 Å². The highest BCUT2D eigenvalue weighted by Crippen LogP contribution is 2.16. The summed E-state index contributed by atoms with van der Waals surface area (Å²) >= 11 is 0. The summed E-state index contributed by atoms with van der Waals surface area (Å²) in [5.41, 5.74) is 1.84. The molecule has 1 saturated heterocycles. The van der Waals surface area contributed by atoms with Crippen molar-refractivity contribution in [1.82, 2.24) is 30.6 Å². The quantitative estimate of drug-likeness (QED) is 0.535. The average molecular weight is 390 g/mol. The number of nitrogens with one attached hydrogen (secondary N) is 3. The van der Waals surface area contributed by atoms with Crippen LogP contribution in [0.1, 0.15) is 33.9 Å². The topological polar surface area (TPSA) is 136 Å². The smallest absolute Gasteiger partial charge is 0.269 e. The van der Waals surface area contributed by atoms with Crippen molar-refractivity contribution < 1.29 is 19.4 Å². The van der Waals surface area contributed by atoms with Crippen molar-refractivity contribution in [1.29, 1.82) is 0 Å². The maximum atomic E-state index is 12.7. The first-order chi connectivity index (χ1) is 13.4. The number of hydrogen-bond donors (Lipinski definition) is 4. The molecule has 1 aliphatic heterocycles. The molecule has 3 heterocycles. The number of β-amino-alcohol motifs (C(OH)–C–C–N with tert-alkyl or cyclic N) is 1. The summed E-state index contributed by atoms with van der Waals surface area (Å²) in [4.78, 5) is 26.4. The Hall–Kier alpha value is -2.72. The van der Waals surface area contributed by atoms with Crippen LogP contribution in [0.5, 0.6) is 0 Å². The maximum absolute atomic E-state index is 12.7. The van der Waals surface area contributed by atoms with E-state index in [0.717, 1.165) is 17.0 Å². The lowest BCUT2D eigenvalue weighted by Gasteiger charge is -2.31. The van der Waals surface area contributed by atoms with Crippen LogP contribution in [0.4, 0.5) is 0 Å². The summed E-state index contributed by atoms with van der Waals surface area (Å²) in [6, 6.07) is 1.54. The predicted octanol–water partition coefficient (Wildman–Crippen LogP) is -0.298. The predicted molar refractivity (Wildman–Crippen MR) is 99.7 cm³/mol. The number of nitrogens with zero attached hydrogens (tertiary/aromatic N) is 3. The van der Waals surface area contributed by atoms with Gasteiger partial charge in [-0.2, -0.15) is 10.2 Å². The second kappa shape index (κ2) is 8.53. The van der Waals surface area contributed by atoms with E-state index in [9.17, 15) is 14.7 Å². The number of aromatic amines is 2. The first-order valence-corrected chi connectivity index (χ1v) is 9.24. The van der Waals surface area contributed by atoms with Crippen molar-refractivity contribution in [3.63, 3.8) is 0 Å². The van der Waals surface area contributed by atoms with E-state index in [4.69, 9.17) is 4.74 Å². The Kier molecular flexibility index (Phi) is 6.10. The third kappa shape index (κ3) is 4.76. The molecule has 10 heteroatoms. The van der Waals surface area contributed by atoms with Crippen LogP contribution in [0.2, 0.25) is 0 Å². The lowest BCUT2D eigenvalue weighted by atomic mass is 10.0. The van der Waals surface area contributed by atoms with Crippen molar-refractivity contribution in [3.05, 3.63) is 34.9 Å². The van der Waals surface area contributed by atoms with Crippen LogP contribution in [-0.2, 0) is 16.0 Å². The molecule has 3 rings (SSSR count). The third-order valence-electron chi connectivity index (χ3n) is 4.91. The van der Waals surface area contributed by atoms with Gasteiger partial charge >= 0.3 is 0 Å². The Bertz CT molecular complexity index is 799. The van der Waals surface area contributed by atoms with Crippen molar-refractivity contribution in [2.75, 3.05) is 32.8 Å². The lowest BCUT2D eigenvalue weighted by molar-refractivity contribution is -0.133. The molecule has 0 bridgehead atoms. The standard InChI is InChI=1S/C18H26N6O4/c1-12-14(13(2)22-21-12)3-4-16(25)24-7-8-28-11-18(27,10-24)9-19-17(26)15-5-6-20-23-15/h5-6,27H,3-4,7-11H2,1-2H3,(H,19,26)(H,20,23)(H,21,22)/t18-/m0/s1. The van der Waals surface area contributed by atoms with E-state index in [1.54, 1.807) is 11.0 Å². The highest BCUT2D eigenvalue weighted by atomic mass is 16.5. The Morgan fingerprint density at radius 2 is 2.21 bits per heavy atom. The molecule has 1 fully saturated rings. The van der Waals surface area contributed by atoms with Gasteiger partial charge in [0.25, 0.3) is 5.91 Å². The van der Waals surface area contributed by atoms with Gasteiger partial charge in [0, 0.05) is 24.9 Å². The summed E-state index contributed by atoms with van der Waals surface area (Å²) in [5.74, 6) is -0.442. The molecule has 0 aromatic carbocycles. The van der Waals surface area contributed by atoms with Gasteiger partial charge in [0.15, 0.2) is 0 Å². The lowest BCUT2D eigenvalue weighted by Crippen LogP contribution is -2.53. The summed E-state index contributed by atoms with van der Waals surface area (Å²) in [7, 11) is 0. The van der Waals surface area contributed by atoms with Crippen molar-refractivity contribution in [3.8, 4) is 0 Å². The summed E-state index contributed by atoms with van der Waals surface area (Å²) in [6.45, 7) is 4.68. The molecule has 0 saturated carbocycles. The molecule has 4 N–H and O–H groups in total. The monoisotopic (exact) mass is 390 g/mol. The third-order valence-corrected chi connectivity index (χ3v) is 4.91. The van der Waals surface area contributed by atoms with Gasteiger partial charge in [-0.05, 0) is 31.9 Å². The Labute approximate surface area is 162 Å². The van der Waals surface area contributed by atoms with Gasteiger partial charge in [0.05, 0.1) is 32.0 Å². The number of rotatable bonds is 6. The van der Waals surface area contributed by atoms with Crippen LogP contribution in [0, 0.1) is 13.8 Å². The van der Waals surface area contributed by atoms with E-state index >= 15 is 0 Å². The zero-order valence-corrected chi connectivity index (χ0v) is 16.1. The molecule has 2 aromatic heterocycles. The molecule has 2 aromatic rings. The first-order valence-electron chi connectivity index (χ1n) is 9.24. The number of hydrogen-bond acceptors (Lipinski definition) is 6. The fourth-order valence-electron chi connectivity index (χ4n) is 3.29. The molecule has 1 atom stereocenters. The zero-order valence-electron chi connectivity index (χ0n) is 16.1. The van der Waals surface area contributed by atoms with Gasteiger partial charge < -0.3 is 20.1 Å². The van der Waals surface area contributed by atoms with Crippen molar-refractivity contribution >= 4 is 11.8 Å². The van der Waals surface area contributed by atoms with E-state index in [0.29, 0.717) is 31.7 Å². The van der Waals surface area contributed by atoms with Crippen LogP contribution in [0.15, 0.2) is 12.3 Å². The maximum Gasteiger partial charge on any atom is 0.269 e. The number of aromatic nitrogens is 4. The number of carbonyl (C=O) groups excluding carboxylic acids is 2. The molecule has 1 aliphatic rings. The van der Waals surface area contributed by atoms with E-state index in [1.165, 1.54) is 6.20 Å². The number of amides is 2. The Balaban J connectivity index is 1.57. The molecule has 152 valence electrons. The number of carbonyl (C=O) groups is 2. The largest absolute Gasteiger partial charge is 0.384 e. The minimum Gasteiger partial charge on any atom is -0.384 e. The minimum atomic E-state index is -1.36. The highest BCUT2D eigenvalue weighted by Gasteiger charge is 2.35. The second-order valence-electron chi connectivity index (χ2n) is 7.16. The average Bonchev–Trinajstić information content (AvgIpc) is 3.26. The van der Waals surface area contributed by atoms with E-state index < -0.39 is 5.60 Å². The minimum absolute atomic E-state index is 0.0332. The van der Waals surface area contributed by atoms with Crippen LogP contribution >= 0.6 is 0 Å². The SMILES string of the molecule is Cc1n[nH]c(C)c1CCC(=O)N1CCOC[C@](O)(CNC(=O)c2ccn[nH]2)C1. The Morgan fingerprint density at radius 3 is 2.89 bits per heavy atom. The highest BCUT2D eigenvalue weighted by molar-refractivity contribution is 5.92. The fourth-order valence-corrected chi connectivity index (χ4v) is 3.29. The van der Waals surface area contributed by atoms with Gasteiger partial charge in [0.2, 0.25) is 5.91 Å². The Morgan fingerprint density at radius 1 is 1.39 bits per heavy atom. The van der Waals surface area contributed by atoms with Gasteiger partial charge in [-0.15, -0.1) is 0 Å². The molecule has 0 spiro atoms. The number of ether oxygens (including phenoxy) is 1. The summed E-state index contributed by atoms with van der Waals surface area (Å²) < 4.78 is 5.47. The van der Waals surface area contributed by atoms with E-state index in [1.807, 2.05) is 13.8 Å². The van der Waals surface area contributed by atoms with E-state index in [2.05, 4.69) is 25.7 Å². The molecular weight excluding hydrogens is 364 g/mol. The number of H-pyrrole nitrogens is 2. The second-order valence-corrected chi connectivity index (χ2v) is 7.16. The fraction of sp³-hybridized carbons (Fsp3) is 0.556. The van der Waals surface area contributed by atoms with Crippen LogP contribution in [-0.4, -0.2) is 80.7 Å². The normalized spacial score (nSPS) is 20.0. The molecule has 28 heavy (non-hydrogen) atoms. The zero-order chi connectivity index (χ0) is 20.1. The van der Waals surface area contributed by atoms with Crippen LogP contribution in [0.3, 0.4) is 0 Å². The van der Waals surface area contributed by atoms with Crippen molar-refractivity contribution in [2.24, 2.45) is 0 Å². The molecule has 10 nitrogen and oxygen atoms in total. The van der Waals surface area contributed by atoms with Crippen LogP contribution in [0.25, 0.3) is 0 Å². The van der Waals surface area contributed by atoms with Crippen LogP contribution < -0.4 is 5.32 Å². The van der Waals surface area contributed by atoms with Gasteiger partial charge in [-0.3, -0.25) is 19.8 Å². The molecular formula is C18H26N6O4. The van der Waals surface area contributed by atoms with Crippen molar-refractivity contribution in [2.45, 2.75) is 32.3 Å². The van der Waals surface area contributed by atoms with E-state index in [-0.39, 0.29) is 31.5 Å². The number of aliphatic hydroxyl groups is 1. The van der Waals surface area contributed by atoms with Gasteiger partial charge in [-0.1, -0.05) is 0 Å². The van der Waals surface area contributed by atoms with Gasteiger partial charge in [-0.25, -0.2) is 0 Å². The number of aryl methyl sites for hydroxylation is 2. The first kappa shape index (κ1) is 20.0. The molecule has 2 amide bonds. The molecule has 0 aliphatic carbocycles.